The van der Waals surface area contributed by atoms with Crippen molar-refractivity contribution in [3.63, 3.8) is 0 Å². The van der Waals surface area contributed by atoms with Gasteiger partial charge >= 0.3 is 6.61 Å². The second-order valence-electron chi connectivity index (χ2n) is 5.94. The molecule has 1 saturated heterocycles. The van der Waals surface area contributed by atoms with E-state index in [1.807, 2.05) is 0 Å². The fourth-order valence-electron chi connectivity index (χ4n) is 2.62. The highest BCUT2D eigenvalue weighted by Crippen LogP contribution is 2.30. The predicted octanol–water partition coefficient (Wildman–Crippen LogP) is 3.85. The minimum Gasteiger partial charge on any atom is -0.490 e. The van der Waals surface area contributed by atoms with Crippen molar-refractivity contribution in [1.29, 1.82) is 0 Å². The molecule has 25 heavy (non-hydrogen) atoms. The number of hydrogen-bond acceptors (Lipinski definition) is 3. The summed E-state index contributed by atoms with van der Waals surface area (Å²) in [5.74, 6) is 1.56. The van der Waals surface area contributed by atoms with Crippen LogP contribution in [0.15, 0.2) is 23.2 Å². The molecule has 8 heteroatoms. The average molecular weight is 469 g/mol. The van der Waals surface area contributed by atoms with Gasteiger partial charge in [0, 0.05) is 13.1 Å². The van der Waals surface area contributed by atoms with Gasteiger partial charge in [-0.3, -0.25) is 0 Å². The zero-order chi connectivity index (χ0) is 17.5. The van der Waals surface area contributed by atoms with Gasteiger partial charge in [-0.05, 0) is 43.4 Å². The number of nitrogens with two attached hydrogens (primary N) is 1. The second kappa shape index (κ2) is 10.6. The molecule has 0 spiro atoms. The minimum atomic E-state index is -2.88. The van der Waals surface area contributed by atoms with E-state index in [1.165, 1.54) is 6.07 Å². The molecule has 2 rings (SSSR count). The third-order valence-corrected chi connectivity index (χ3v) is 4.06. The van der Waals surface area contributed by atoms with Gasteiger partial charge in [0.15, 0.2) is 17.5 Å². The van der Waals surface area contributed by atoms with E-state index in [-0.39, 0.29) is 35.5 Å². The summed E-state index contributed by atoms with van der Waals surface area (Å²) >= 11 is 0. The van der Waals surface area contributed by atoms with Gasteiger partial charge in [0.05, 0.1) is 13.2 Å². The number of halogens is 3. The van der Waals surface area contributed by atoms with Crippen LogP contribution in [-0.4, -0.2) is 37.2 Å². The maximum atomic E-state index is 12.4. The third kappa shape index (κ3) is 6.83. The highest BCUT2D eigenvalue weighted by atomic mass is 127. The number of rotatable bonds is 6. The van der Waals surface area contributed by atoms with E-state index < -0.39 is 6.61 Å². The van der Waals surface area contributed by atoms with Crippen LogP contribution in [-0.2, 0) is 6.54 Å². The monoisotopic (exact) mass is 469 g/mol. The number of alkyl halides is 2. The third-order valence-electron chi connectivity index (χ3n) is 4.06. The van der Waals surface area contributed by atoms with Crippen LogP contribution in [0.2, 0.25) is 0 Å². The Kier molecular flexibility index (Phi) is 9.23. The van der Waals surface area contributed by atoms with Crippen molar-refractivity contribution in [2.45, 2.75) is 39.8 Å². The summed E-state index contributed by atoms with van der Waals surface area (Å²) < 4.78 is 34.6. The first-order valence-corrected chi connectivity index (χ1v) is 8.25. The summed E-state index contributed by atoms with van der Waals surface area (Å²) in [6, 6.07) is 4.83. The Labute approximate surface area is 164 Å². The number of piperidine rings is 1. The van der Waals surface area contributed by atoms with E-state index in [0.29, 0.717) is 19.1 Å². The van der Waals surface area contributed by atoms with Crippen molar-refractivity contribution in [2.75, 3.05) is 19.7 Å². The number of likely N-dealkylation sites (tertiary alicyclic amines) is 1. The Morgan fingerprint density at radius 1 is 1.32 bits per heavy atom. The summed E-state index contributed by atoms with van der Waals surface area (Å²) in [6.45, 7) is 3.71. The van der Waals surface area contributed by atoms with Crippen LogP contribution in [0.4, 0.5) is 8.78 Å². The van der Waals surface area contributed by atoms with Crippen LogP contribution in [0.5, 0.6) is 11.5 Å². The fraction of sp³-hybridized carbons (Fsp3) is 0.588. The van der Waals surface area contributed by atoms with Crippen LogP contribution < -0.4 is 15.2 Å². The van der Waals surface area contributed by atoms with Crippen molar-refractivity contribution < 1.29 is 18.3 Å². The molecule has 0 atom stereocenters. The van der Waals surface area contributed by atoms with Gasteiger partial charge in [-0.25, -0.2) is 4.99 Å². The number of benzene rings is 1. The zero-order valence-electron chi connectivity index (χ0n) is 14.6. The van der Waals surface area contributed by atoms with Crippen LogP contribution >= 0.6 is 24.0 Å². The highest BCUT2D eigenvalue weighted by Gasteiger charge is 2.17. The van der Waals surface area contributed by atoms with Crippen LogP contribution in [0.25, 0.3) is 0 Å². The van der Waals surface area contributed by atoms with Gasteiger partial charge in [-0.2, -0.15) is 8.78 Å². The molecule has 5 nitrogen and oxygen atoms in total. The summed E-state index contributed by atoms with van der Waals surface area (Å²) in [5.41, 5.74) is 6.88. The van der Waals surface area contributed by atoms with E-state index in [2.05, 4.69) is 21.6 Å². The van der Waals surface area contributed by atoms with Crippen molar-refractivity contribution in [2.24, 2.45) is 16.6 Å². The van der Waals surface area contributed by atoms with E-state index >= 15 is 0 Å². The molecule has 0 aliphatic carbocycles. The molecular formula is C17H26F2IN3O2. The van der Waals surface area contributed by atoms with E-state index in [4.69, 9.17) is 10.5 Å². The zero-order valence-corrected chi connectivity index (χ0v) is 16.9. The lowest BCUT2D eigenvalue weighted by Crippen LogP contribution is -2.42. The molecule has 0 bridgehead atoms. The summed E-state index contributed by atoms with van der Waals surface area (Å²) in [6.07, 6.45) is 2.23. The lowest BCUT2D eigenvalue weighted by Gasteiger charge is -2.31. The Morgan fingerprint density at radius 2 is 2.00 bits per heavy atom. The van der Waals surface area contributed by atoms with E-state index in [1.54, 1.807) is 19.1 Å². The quantitative estimate of drug-likeness (QED) is 0.391. The van der Waals surface area contributed by atoms with E-state index in [0.717, 1.165) is 37.4 Å². The number of ether oxygens (including phenoxy) is 2. The Hall–Kier alpha value is -1.32. The topological polar surface area (TPSA) is 60.1 Å². The molecule has 1 aliphatic rings. The predicted molar refractivity (Wildman–Crippen MR) is 105 cm³/mol. The lowest BCUT2D eigenvalue weighted by molar-refractivity contribution is -0.0514. The number of aliphatic imine (C=N–C) groups is 1. The summed E-state index contributed by atoms with van der Waals surface area (Å²) in [7, 11) is 0. The molecule has 1 fully saturated rings. The normalized spacial score (nSPS) is 15.9. The van der Waals surface area contributed by atoms with Gasteiger partial charge in [0.25, 0.3) is 0 Å². The number of nitrogens with zero attached hydrogens (tertiary/aromatic N) is 2. The first-order valence-electron chi connectivity index (χ1n) is 8.25. The lowest BCUT2D eigenvalue weighted by atomic mass is 10.00. The molecule has 2 N–H and O–H groups in total. The summed E-state index contributed by atoms with van der Waals surface area (Å²) in [5, 5.41) is 0. The van der Waals surface area contributed by atoms with Gasteiger partial charge in [-0.15, -0.1) is 24.0 Å². The van der Waals surface area contributed by atoms with Gasteiger partial charge < -0.3 is 20.1 Å². The largest absolute Gasteiger partial charge is 0.490 e. The van der Waals surface area contributed by atoms with Crippen molar-refractivity contribution >= 4 is 29.9 Å². The highest BCUT2D eigenvalue weighted by molar-refractivity contribution is 14.0. The molecule has 1 aromatic rings. The number of guanidine groups is 1. The van der Waals surface area contributed by atoms with Crippen LogP contribution in [0.3, 0.4) is 0 Å². The molecule has 0 unspecified atom stereocenters. The maximum Gasteiger partial charge on any atom is 0.387 e. The van der Waals surface area contributed by atoms with Crippen molar-refractivity contribution in [3.05, 3.63) is 23.8 Å². The average Bonchev–Trinajstić information content (AvgIpc) is 2.55. The second-order valence-corrected chi connectivity index (χ2v) is 5.94. The van der Waals surface area contributed by atoms with Gasteiger partial charge in [0.2, 0.25) is 0 Å². The molecule has 1 aliphatic heterocycles. The van der Waals surface area contributed by atoms with Crippen LogP contribution in [0, 0.1) is 5.92 Å². The number of hydrogen-bond donors (Lipinski definition) is 1. The summed E-state index contributed by atoms with van der Waals surface area (Å²) in [4.78, 5) is 6.49. The molecular weight excluding hydrogens is 443 g/mol. The Bertz CT molecular complexity index is 565. The molecule has 0 aromatic heterocycles. The smallest absolute Gasteiger partial charge is 0.387 e. The van der Waals surface area contributed by atoms with Crippen molar-refractivity contribution in [1.82, 2.24) is 4.90 Å². The van der Waals surface area contributed by atoms with Gasteiger partial charge in [0.1, 0.15) is 0 Å². The fourth-order valence-corrected chi connectivity index (χ4v) is 2.62. The molecule has 1 aromatic carbocycles. The standard InChI is InChI=1S/C17H25F2N3O2.HI/c1-3-23-15-10-13(4-5-14(15)24-16(18)19)11-21-17(20)22-8-6-12(2)7-9-22;/h4-5,10,12,16H,3,6-9,11H2,1-2H3,(H2,20,21);1H. The molecule has 0 saturated carbocycles. The molecule has 0 radical (unpaired) electrons. The first kappa shape index (κ1) is 21.7. The maximum absolute atomic E-state index is 12.4. The van der Waals surface area contributed by atoms with Gasteiger partial charge in [-0.1, -0.05) is 13.0 Å². The minimum absolute atomic E-state index is 0. The van der Waals surface area contributed by atoms with Crippen molar-refractivity contribution in [3.8, 4) is 11.5 Å². The molecule has 0 amide bonds. The first-order chi connectivity index (χ1) is 11.5. The molecule has 1 heterocycles. The van der Waals surface area contributed by atoms with E-state index in [9.17, 15) is 8.78 Å². The Morgan fingerprint density at radius 3 is 2.60 bits per heavy atom. The Balaban J connectivity index is 0.00000312. The van der Waals surface area contributed by atoms with Crippen LogP contribution in [0.1, 0.15) is 32.3 Å². The molecule has 142 valence electrons. The SMILES string of the molecule is CCOc1cc(CN=C(N)N2CCC(C)CC2)ccc1OC(F)F.I.